The molecule has 0 aliphatic heterocycles. The lowest BCUT2D eigenvalue weighted by Gasteiger charge is -2.10. The number of phenolic OH excluding ortho intramolecular Hbond substituents is 1. The Morgan fingerprint density at radius 2 is 1.73 bits per heavy atom. The number of ether oxygens (including phenoxy) is 1. The number of halogens is 2. The van der Waals surface area contributed by atoms with Crippen molar-refractivity contribution in [3.8, 4) is 11.5 Å². The SMILES string of the molecule is O=C(Nc1cc(Cl)ccc1O)c1ccc(OCc2ccccc2Cl)cc1. The number of carbonyl (C=O) groups is 1. The molecular weight excluding hydrogens is 373 g/mol. The smallest absolute Gasteiger partial charge is 0.255 e. The van der Waals surface area contributed by atoms with Gasteiger partial charge in [-0.05, 0) is 48.5 Å². The van der Waals surface area contributed by atoms with Gasteiger partial charge in [0.15, 0.2) is 0 Å². The Morgan fingerprint density at radius 1 is 1.00 bits per heavy atom. The van der Waals surface area contributed by atoms with Crippen molar-refractivity contribution in [2.24, 2.45) is 0 Å². The molecule has 0 radical (unpaired) electrons. The van der Waals surface area contributed by atoms with Gasteiger partial charge in [-0.25, -0.2) is 0 Å². The van der Waals surface area contributed by atoms with E-state index in [1.807, 2.05) is 18.2 Å². The number of rotatable bonds is 5. The summed E-state index contributed by atoms with van der Waals surface area (Å²) in [5.41, 5.74) is 1.56. The van der Waals surface area contributed by atoms with E-state index in [1.54, 1.807) is 30.3 Å². The Kier molecular flexibility index (Phi) is 5.66. The minimum absolute atomic E-state index is 0.0533. The highest BCUT2D eigenvalue weighted by molar-refractivity contribution is 6.31. The number of carbonyl (C=O) groups excluding carboxylic acids is 1. The highest BCUT2D eigenvalue weighted by Gasteiger charge is 2.10. The predicted octanol–water partition coefficient (Wildman–Crippen LogP) is 5.53. The second-order valence-electron chi connectivity index (χ2n) is 5.52. The molecule has 0 atom stereocenters. The predicted molar refractivity (Wildman–Crippen MR) is 103 cm³/mol. The average Bonchev–Trinajstić information content (AvgIpc) is 2.64. The Labute approximate surface area is 161 Å². The Balaban J connectivity index is 1.64. The van der Waals surface area contributed by atoms with E-state index >= 15 is 0 Å². The summed E-state index contributed by atoms with van der Waals surface area (Å²) >= 11 is 12.0. The van der Waals surface area contributed by atoms with Crippen LogP contribution in [0.15, 0.2) is 66.7 Å². The van der Waals surface area contributed by atoms with E-state index in [4.69, 9.17) is 27.9 Å². The third kappa shape index (κ3) is 4.48. The molecule has 2 N–H and O–H groups in total. The molecule has 3 aromatic rings. The number of aromatic hydroxyl groups is 1. The van der Waals surface area contributed by atoms with Crippen LogP contribution < -0.4 is 10.1 Å². The van der Waals surface area contributed by atoms with Crippen molar-refractivity contribution in [3.05, 3.63) is 87.9 Å². The Bertz CT molecular complexity index is 927. The van der Waals surface area contributed by atoms with Gasteiger partial charge in [-0.15, -0.1) is 0 Å². The molecule has 0 spiro atoms. The highest BCUT2D eigenvalue weighted by Crippen LogP contribution is 2.27. The quantitative estimate of drug-likeness (QED) is 0.565. The number of hydrogen-bond acceptors (Lipinski definition) is 3. The minimum atomic E-state index is -0.361. The maximum atomic E-state index is 12.3. The molecule has 1 amide bonds. The molecule has 6 heteroatoms. The second kappa shape index (κ2) is 8.13. The molecule has 0 fully saturated rings. The molecular formula is C20H15Cl2NO3. The second-order valence-corrected chi connectivity index (χ2v) is 6.36. The third-order valence-electron chi connectivity index (χ3n) is 3.68. The Hall–Kier alpha value is -2.69. The first-order valence-electron chi connectivity index (χ1n) is 7.79. The van der Waals surface area contributed by atoms with Crippen molar-refractivity contribution in [1.82, 2.24) is 0 Å². The summed E-state index contributed by atoms with van der Waals surface area (Å²) < 4.78 is 5.69. The fourth-order valence-corrected chi connectivity index (χ4v) is 2.64. The van der Waals surface area contributed by atoms with E-state index in [9.17, 15) is 9.90 Å². The van der Waals surface area contributed by atoms with E-state index in [-0.39, 0.29) is 17.3 Å². The number of hydrogen-bond donors (Lipinski definition) is 2. The first kappa shape index (κ1) is 18.1. The lowest BCUT2D eigenvalue weighted by Crippen LogP contribution is -2.11. The van der Waals surface area contributed by atoms with Gasteiger partial charge < -0.3 is 15.2 Å². The number of amides is 1. The van der Waals surface area contributed by atoms with E-state index in [0.717, 1.165) is 5.56 Å². The zero-order valence-corrected chi connectivity index (χ0v) is 15.1. The Morgan fingerprint density at radius 3 is 2.46 bits per heavy atom. The molecule has 0 unspecified atom stereocenters. The van der Waals surface area contributed by atoms with Crippen molar-refractivity contribution in [2.45, 2.75) is 6.61 Å². The molecule has 3 aromatic carbocycles. The zero-order chi connectivity index (χ0) is 18.5. The number of benzene rings is 3. The standard InChI is InChI=1S/C20H15Cl2NO3/c21-15-7-10-19(24)18(11-15)23-20(25)13-5-8-16(9-6-13)26-12-14-3-1-2-4-17(14)22/h1-11,24H,12H2,(H,23,25). The van der Waals surface area contributed by atoms with Crippen molar-refractivity contribution in [1.29, 1.82) is 0 Å². The van der Waals surface area contributed by atoms with E-state index in [1.165, 1.54) is 18.2 Å². The lowest BCUT2D eigenvalue weighted by atomic mass is 10.2. The number of phenols is 1. The monoisotopic (exact) mass is 387 g/mol. The first-order chi connectivity index (χ1) is 12.5. The fourth-order valence-electron chi connectivity index (χ4n) is 2.28. The van der Waals surface area contributed by atoms with Gasteiger partial charge >= 0.3 is 0 Å². The fraction of sp³-hybridized carbons (Fsp3) is 0.0500. The molecule has 0 heterocycles. The van der Waals surface area contributed by atoms with Gasteiger partial charge in [0.25, 0.3) is 5.91 Å². The highest BCUT2D eigenvalue weighted by atomic mass is 35.5. The summed E-state index contributed by atoms with van der Waals surface area (Å²) in [6, 6.07) is 18.6. The third-order valence-corrected chi connectivity index (χ3v) is 4.28. The van der Waals surface area contributed by atoms with Gasteiger partial charge in [-0.3, -0.25) is 4.79 Å². The van der Waals surface area contributed by atoms with Crippen molar-refractivity contribution in [2.75, 3.05) is 5.32 Å². The van der Waals surface area contributed by atoms with Crippen LogP contribution in [0.1, 0.15) is 15.9 Å². The molecule has 0 aliphatic carbocycles. The van der Waals surface area contributed by atoms with Crippen LogP contribution in [0.3, 0.4) is 0 Å². The van der Waals surface area contributed by atoms with Gasteiger partial charge in [0.2, 0.25) is 0 Å². The van der Waals surface area contributed by atoms with Crippen LogP contribution in [0.25, 0.3) is 0 Å². The number of nitrogens with one attached hydrogen (secondary N) is 1. The van der Waals surface area contributed by atoms with Crippen molar-refractivity contribution < 1.29 is 14.6 Å². The number of anilines is 1. The summed E-state index contributed by atoms with van der Waals surface area (Å²) in [6.07, 6.45) is 0. The maximum Gasteiger partial charge on any atom is 0.255 e. The molecule has 4 nitrogen and oxygen atoms in total. The van der Waals surface area contributed by atoms with E-state index < -0.39 is 0 Å². The average molecular weight is 388 g/mol. The molecule has 132 valence electrons. The molecule has 26 heavy (non-hydrogen) atoms. The van der Waals surface area contributed by atoms with Gasteiger partial charge in [-0.1, -0.05) is 41.4 Å². The van der Waals surface area contributed by atoms with E-state index in [0.29, 0.717) is 28.0 Å². The van der Waals surface area contributed by atoms with E-state index in [2.05, 4.69) is 5.32 Å². The zero-order valence-electron chi connectivity index (χ0n) is 13.6. The van der Waals surface area contributed by atoms with Crippen molar-refractivity contribution >= 4 is 34.8 Å². The van der Waals surface area contributed by atoms with Crippen molar-refractivity contribution in [3.63, 3.8) is 0 Å². The summed E-state index contributed by atoms with van der Waals surface area (Å²) in [4.78, 5) is 12.3. The van der Waals surface area contributed by atoms with Crippen LogP contribution in [0.4, 0.5) is 5.69 Å². The molecule has 3 rings (SSSR count). The van der Waals surface area contributed by atoms with Crippen LogP contribution in [0.5, 0.6) is 11.5 Å². The molecule has 0 saturated heterocycles. The molecule has 0 aliphatic rings. The van der Waals surface area contributed by atoms with Crippen LogP contribution >= 0.6 is 23.2 Å². The summed E-state index contributed by atoms with van der Waals surface area (Å²) in [7, 11) is 0. The van der Waals surface area contributed by atoms with Crippen LogP contribution in [0.2, 0.25) is 10.0 Å². The van der Waals surface area contributed by atoms with Crippen LogP contribution in [0, 0.1) is 0 Å². The maximum absolute atomic E-state index is 12.3. The largest absolute Gasteiger partial charge is 0.506 e. The normalized spacial score (nSPS) is 10.4. The lowest BCUT2D eigenvalue weighted by molar-refractivity contribution is 0.102. The van der Waals surface area contributed by atoms with Gasteiger partial charge in [0, 0.05) is 21.2 Å². The van der Waals surface area contributed by atoms with Crippen LogP contribution in [-0.4, -0.2) is 11.0 Å². The topological polar surface area (TPSA) is 58.6 Å². The van der Waals surface area contributed by atoms with Crippen LogP contribution in [-0.2, 0) is 6.61 Å². The molecule has 0 bridgehead atoms. The summed E-state index contributed by atoms with van der Waals surface area (Å²) in [6.45, 7) is 0.335. The van der Waals surface area contributed by atoms with Gasteiger partial charge in [0.1, 0.15) is 18.1 Å². The summed E-state index contributed by atoms with van der Waals surface area (Å²) in [5, 5.41) is 13.5. The molecule has 0 aromatic heterocycles. The summed E-state index contributed by atoms with van der Waals surface area (Å²) in [5.74, 6) is 0.203. The molecule has 0 saturated carbocycles. The minimum Gasteiger partial charge on any atom is -0.506 e. The van der Waals surface area contributed by atoms with Gasteiger partial charge in [0.05, 0.1) is 5.69 Å². The van der Waals surface area contributed by atoms with Gasteiger partial charge in [-0.2, -0.15) is 0 Å². The first-order valence-corrected chi connectivity index (χ1v) is 8.54.